The molecule has 0 aliphatic carbocycles. The van der Waals surface area contributed by atoms with Gasteiger partial charge in [0.25, 0.3) is 5.56 Å². The Morgan fingerprint density at radius 3 is 2.73 bits per heavy atom. The molecule has 5 heteroatoms. The fraction of sp³-hybridized carbons (Fsp3) is 0.294. The molecule has 0 unspecified atom stereocenters. The van der Waals surface area contributed by atoms with E-state index in [1.807, 2.05) is 12.1 Å². The van der Waals surface area contributed by atoms with Crippen LogP contribution in [0.25, 0.3) is 0 Å². The molecule has 3 rings (SSSR count). The van der Waals surface area contributed by atoms with E-state index in [9.17, 15) is 9.59 Å². The number of aromatic amines is 1. The second kappa shape index (κ2) is 5.67. The van der Waals surface area contributed by atoms with E-state index in [4.69, 9.17) is 0 Å². The molecule has 114 valence electrons. The number of benzene rings is 1. The third kappa shape index (κ3) is 2.39. The van der Waals surface area contributed by atoms with Crippen molar-refractivity contribution in [2.75, 3.05) is 11.4 Å². The van der Waals surface area contributed by atoms with Crippen LogP contribution in [0.15, 0.2) is 46.5 Å². The molecule has 1 aromatic carbocycles. The Morgan fingerprint density at radius 1 is 1.27 bits per heavy atom. The molecule has 5 nitrogen and oxygen atoms in total. The SMILES string of the molecule is C=CCc1c(N2CCc3ccccc3C2)[nH]c(=O)n(C)c1=O. The summed E-state index contributed by atoms with van der Waals surface area (Å²) < 4.78 is 1.11. The summed E-state index contributed by atoms with van der Waals surface area (Å²) in [7, 11) is 1.49. The molecule has 0 saturated carbocycles. The molecule has 0 fully saturated rings. The maximum absolute atomic E-state index is 12.4. The number of hydrogen-bond acceptors (Lipinski definition) is 3. The van der Waals surface area contributed by atoms with E-state index in [2.05, 4.69) is 28.6 Å². The number of nitrogens with zero attached hydrogens (tertiary/aromatic N) is 2. The van der Waals surface area contributed by atoms with Crippen LogP contribution in [0, 0.1) is 0 Å². The zero-order valence-electron chi connectivity index (χ0n) is 12.6. The summed E-state index contributed by atoms with van der Waals surface area (Å²) in [5.74, 6) is 0.627. The van der Waals surface area contributed by atoms with Gasteiger partial charge in [-0.2, -0.15) is 0 Å². The molecule has 1 aliphatic heterocycles. The topological polar surface area (TPSA) is 58.1 Å². The largest absolute Gasteiger partial charge is 0.353 e. The lowest BCUT2D eigenvalue weighted by Gasteiger charge is -2.31. The standard InChI is InChI=1S/C17H19N3O2/c1-3-6-14-15(18-17(22)19(2)16(14)21)20-10-9-12-7-4-5-8-13(12)11-20/h3-5,7-8H,1,6,9-11H2,2H3,(H,18,22). The minimum Gasteiger partial charge on any atom is -0.353 e. The minimum atomic E-state index is -0.383. The molecular weight excluding hydrogens is 278 g/mol. The highest BCUT2D eigenvalue weighted by Gasteiger charge is 2.21. The Hall–Kier alpha value is -2.56. The molecule has 0 spiro atoms. The highest BCUT2D eigenvalue weighted by Crippen LogP contribution is 2.24. The van der Waals surface area contributed by atoms with E-state index in [0.29, 0.717) is 24.3 Å². The third-order valence-electron chi connectivity index (χ3n) is 4.17. The van der Waals surface area contributed by atoms with Crippen molar-refractivity contribution < 1.29 is 0 Å². The predicted molar refractivity (Wildman–Crippen MR) is 87.4 cm³/mol. The van der Waals surface area contributed by atoms with Gasteiger partial charge in [-0.25, -0.2) is 4.79 Å². The molecule has 0 amide bonds. The van der Waals surface area contributed by atoms with E-state index in [1.54, 1.807) is 6.08 Å². The van der Waals surface area contributed by atoms with Gasteiger partial charge in [-0.1, -0.05) is 30.3 Å². The highest BCUT2D eigenvalue weighted by atomic mass is 16.2. The fourth-order valence-corrected chi connectivity index (χ4v) is 2.94. The monoisotopic (exact) mass is 297 g/mol. The van der Waals surface area contributed by atoms with Gasteiger partial charge in [-0.05, 0) is 24.0 Å². The van der Waals surface area contributed by atoms with Gasteiger partial charge in [0, 0.05) is 20.1 Å². The summed E-state index contributed by atoms with van der Waals surface area (Å²) in [6, 6.07) is 8.27. The van der Waals surface area contributed by atoms with Crippen molar-refractivity contribution in [1.82, 2.24) is 9.55 Å². The van der Waals surface area contributed by atoms with Crippen molar-refractivity contribution in [2.45, 2.75) is 19.4 Å². The first-order chi connectivity index (χ1) is 10.6. The van der Waals surface area contributed by atoms with Crippen molar-refractivity contribution >= 4 is 5.82 Å². The first-order valence-corrected chi connectivity index (χ1v) is 7.36. The minimum absolute atomic E-state index is 0.252. The molecule has 1 aromatic heterocycles. The van der Waals surface area contributed by atoms with Gasteiger partial charge in [0.15, 0.2) is 0 Å². The summed E-state index contributed by atoms with van der Waals surface area (Å²) >= 11 is 0. The number of anilines is 1. The van der Waals surface area contributed by atoms with Crippen LogP contribution in [-0.2, 0) is 26.4 Å². The van der Waals surface area contributed by atoms with Crippen LogP contribution in [0.2, 0.25) is 0 Å². The number of aromatic nitrogens is 2. The number of rotatable bonds is 3. The number of H-pyrrole nitrogens is 1. The van der Waals surface area contributed by atoms with Crippen molar-refractivity contribution in [3.05, 3.63) is 74.4 Å². The summed E-state index contributed by atoms with van der Waals surface area (Å²) in [4.78, 5) is 29.2. The van der Waals surface area contributed by atoms with Crippen LogP contribution >= 0.6 is 0 Å². The van der Waals surface area contributed by atoms with E-state index < -0.39 is 0 Å². The number of fused-ring (bicyclic) bond motifs is 1. The molecule has 0 atom stereocenters. The van der Waals surface area contributed by atoms with Gasteiger partial charge in [0.2, 0.25) is 0 Å². The summed E-state index contributed by atoms with van der Waals surface area (Å²) in [5, 5.41) is 0. The normalized spacial score (nSPS) is 13.8. The second-order valence-electron chi connectivity index (χ2n) is 5.55. The average molecular weight is 297 g/mol. The van der Waals surface area contributed by atoms with Crippen LogP contribution in [0.1, 0.15) is 16.7 Å². The van der Waals surface area contributed by atoms with Crippen LogP contribution in [0.4, 0.5) is 5.82 Å². The Morgan fingerprint density at radius 2 is 2.00 bits per heavy atom. The fourth-order valence-electron chi connectivity index (χ4n) is 2.94. The summed E-state index contributed by atoms with van der Waals surface area (Å²) in [6.45, 7) is 5.19. The van der Waals surface area contributed by atoms with E-state index >= 15 is 0 Å². The smallest absolute Gasteiger partial charge is 0.329 e. The zero-order valence-corrected chi connectivity index (χ0v) is 12.6. The molecule has 1 N–H and O–H groups in total. The third-order valence-corrected chi connectivity index (χ3v) is 4.17. The lowest BCUT2D eigenvalue weighted by Crippen LogP contribution is -2.40. The first-order valence-electron chi connectivity index (χ1n) is 7.36. The van der Waals surface area contributed by atoms with Crippen molar-refractivity contribution in [3.8, 4) is 0 Å². The van der Waals surface area contributed by atoms with E-state index in [1.165, 1.54) is 18.2 Å². The molecule has 0 radical (unpaired) electrons. The lowest BCUT2D eigenvalue weighted by molar-refractivity contribution is 0.689. The molecule has 22 heavy (non-hydrogen) atoms. The molecule has 1 aliphatic rings. The summed E-state index contributed by atoms with van der Waals surface area (Å²) in [6.07, 6.45) is 3.04. The van der Waals surface area contributed by atoms with Crippen LogP contribution in [-0.4, -0.2) is 16.1 Å². The quantitative estimate of drug-likeness (QED) is 0.870. The average Bonchev–Trinajstić information content (AvgIpc) is 2.55. The maximum atomic E-state index is 12.4. The Labute approximate surface area is 128 Å². The van der Waals surface area contributed by atoms with E-state index in [0.717, 1.165) is 17.5 Å². The predicted octanol–water partition coefficient (Wildman–Crippen LogP) is 1.36. The Balaban J connectivity index is 2.08. The molecule has 2 heterocycles. The number of allylic oxidation sites excluding steroid dienone is 1. The van der Waals surface area contributed by atoms with Crippen LogP contribution in [0.3, 0.4) is 0 Å². The van der Waals surface area contributed by atoms with Gasteiger partial charge >= 0.3 is 5.69 Å². The van der Waals surface area contributed by atoms with Gasteiger partial charge < -0.3 is 4.90 Å². The number of nitrogens with one attached hydrogen (secondary N) is 1. The highest BCUT2D eigenvalue weighted by molar-refractivity contribution is 5.49. The maximum Gasteiger partial charge on any atom is 0.329 e. The molecule has 0 bridgehead atoms. The Bertz CT molecular complexity index is 833. The molecule has 2 aromatic rings. The molecular formula is C17H19N3O2. The van der Waals surface area contributed by atoms with Gasteiger partial charge in [0.05, 0.1) is 5.56 Å². The first kappa shape index (κ1) is 14.4. The second-order valence-corrected chi connectivity index (χ2v) is 5.55. The zero-order chi connectivity index (χ0) is 15.7. The molecule has 0 saturated heterocycles. The van der Waals surface area contributed by atoms with Gasteiger partial charge in [-0.3, -0.25) is 14.3 Å². The lowest BCUT2D eigenvalue weighted by atomic mass is 9.99. The van der Waals surface area contributed by atoms with Crippen LogP contribution in [0.5, 0.6) is 0 Å². The van der Waals surface area contributed by atoms with Crippen molar-refractivity contribution in [1.29, 1.82) is 0 Å². The van der Waals surface area contributed by atoms with E-state index in [-0.39, 0.29) is 11.2 Å². The number of hydrogen-bond donors (Lipinski definition) is 1. The van der Waals surface area contributed by atoms with Crippen LogP contribution < -0.4 is 16.1 Å². The Kier molecular flexibility index (Phi) is 3.71. The van der Waals surface area contributed by atoms with Gasteiger partial charge in [0.1, 0.15) is 5.82 Å². The van der Waals surface area contributed by atoms with Crippen molar-refractivity contribution in [2.24, 2.45) is 7.05 Å². The summed E-state index contributed by atoms with van der Waals surface area (Å²) in [5.41, 5.74) is 2.52. The van der Waals surface area contributed by atoms with Gasteiger partial charge in [-0.15, -0.1) is 6.58 Å². The van der Waals surface area contributed by atoms with Crippen molar-refractivity contribution in [3.63, 3.8) is 0 Å².